The first-order chi connectivity index (χ1) is 9.67. The van der Waals surface area contributed by atoms with Crippen LogP contribution < -0.4 is 5.32 Å². The zero-order valence-electron chi connectivity index (χ0n) is 12.0. The highest BCUT2D eigenvalue weighted by Gasteiger charge is 2.39. The molecule has 110 valence electrons. The van der Waals surface area contributed by atoms with Gasteiger partial charge in [0.25, 0.3) is 0 Å². The summed E-state index contributed by atoms with van der Waals surface area (Å²) in [7, 11) is 0. The summed E-state index contributed by atoms with van der Waals surface area (Å²) in [5.74, 6) is 0. The molecule has 0 bridgehead atoms. The van der Waals surface area contributed by atoms with Crippen LogP contribution in [-0.4, -0.2) is 31.5 Å². The average Bonchev–Trinajstić information content (AvgIpc) is 2.43. The number of ether oxygens (including phenoxy) is 2. The number of hydrogen-bond acceptors (Lipinski definition) is 3. The van der Waals surface area contributed by atoms with Crippen molar-refractivity contribution < 1.29 is 9.47 Å². The Labute approximate surface area is 129 Å². The first-order valence-electron chi connectivity index (χ1n) is 7.41. The molecule has 2 heterocycles. The van der Waals surface area contributed by atoms with Crippen molar-refractivity contribution in [2.75, 3.05) is 25.1 Å². The van der Waals surface area contributed by atoms with Crippen molar-refractivity contribution in [3.05, 3.63) is 28.2 Å². The zero-order chi connectivity index (χ0) is 14.0. The molecule has 3 rings (SSSR count). The van der Waals surface area contributed by atoms with Crippen LogP contribution in [0, 0.1) is 6.92 Å². The van der Waals surface area contributed by atoms with Gasteiger partial charge in [0.1, 0.15) is 0 Å². The molecule has 2 saturated heterocycles. The van der Waals surface area contributed by atoms with Crippen LogP contribution in [0.1, 0.15) is 31.2 Å². The SMILES string of the molecule is Cc1cc(Br)ccc1NC1CCOC2(CCOCC2)C1. The predicted octanol–water partition coefficient (Wildman–Crippen LogP) is 3.90. The second-order valence-electron chi connectivity index (χ2n) is 5.94. The van der Waals surface area contributed by atoms with Crippen LogP contribution in [0.4, 0.5) is 5.69 Å². The number of nitrogens with one attached hydrogen (secondary N) is 1. The molecule has 0 saturated carbocycles. The summed E-state index contributed by atoms with van der Waals surface area (Å²) in [5.41, 5.74) is 2.58. The van der Waals surface area contributed by atoms with Crippen molar-refractivity contribution in [2.24, 2.45) is 0 Å². The maximum absolute atomic E-state index is 6.10. The van der Waals surface area contributed by atoms with Gasteiger partial charge in [0.05, 0.1) is 5.60 Å². The Morgan fingerprint density at radius 2 is 2.05 bits per heavy atom. The van der Waals surface area contributed by atoms with Gasteiger partial charge in [-0.15, -0.1) is 0 Å². The zero-order valence-corrected chi connectivity index (χ0v) is 13.5. The summed E-state index contributed by atoms with van der Waals surface area (Å²) >= 11 is 3.52. The number of rotatable bonds is 2. The van der Waals surface area contributed by atoms with Crippen LogP contribution in [0.5, 0.6) is 0 Å². The van der Waals surface area contributed by atoms with E-state index in [-0.39, 0.29) is 5.60 Å². The maximum atomic E-state index is 6.10. The van der Waals surface area contributed by atoms with Crippen molar-refractivity contribution in [2.45, 2.75) is 44.2 Å². The van der Waals surface area contributed by atoms with Crippen LogP contribution in [0.2, 0.25) is 0 Å². The number of benzene rings is 1. The molecule has 0 aliphatic carbocycles. The lowest BCUT2D eigenvalue weighted by Gasteiger charge is -2.43. The molecule has 1 unspecified atom stereocenters. The standard InChI is InChI=1S/C16H22BrNO2/c1-12-10-13(17)2-3-15(12)18-14-4-7-20-16(11-14)5-8-19-9-6-16/h2-3,10,14,18H,4-9,11H2,1H3. The molecule has 1 spiro atoms. The fourth-order valence-corrected chi connectivity index (χ4v) is 3.73. The monoisotopic (exact) mass is 339 g/mol. The third kappa shape index (κ3) is 3.18. The molecule has 0 amide bonds. The molecule has 1 aromatic rings. The van der Waals surface area contributed by atoms with Crippen molar-refractivity contribution in [1.29, 1.82) is 0 Å². The molecule has 1 aromatic carbocycles. The molecule has 1 atom stereocenters. The summed E-state index contributed by atoms with van der Waals surface area (Å²) in [5, 5.41) is 3.71. The van der Waals surface area contributed by atoms with Crippen LogP contribution in [0.3, 0.4) is 0 Å². The molecule has 1 N–H and O–H groups in total. The van der Waals surface area contributed by atoms with E-state index < -0.39 is 0 Å². The second kappa shape index (κ2) is 6.04. The predicted molar refractivity (Wildman–Crippen MR) is 84.3 cm³/mol. The van der Waals surface area contributed by atoms with Crippen LogP contribution in [-0.2, 0) is 9.47 Å². The highest BCUT2D eigenvalue weighted by molar-refractivity contribution is 9.10. The number of halogens is 1. The highest BCUT2D eigenvalue weighted by Crippen LogP contribution is 2.35. The van der Waals surface area contributed by atoms with E-state index in [2.05, 4.69) is 46.4 Å². The first-order valence-corrected chi connectivity index (χ1v) is 8.21. The minimum atomic E-state index is 0.0530. The van der Waals surface area contributed by atoms with Gasteiger partial charge in [0.15, 0.2) is 0 Å². The Balaban J connectivity index is 1.68. The first kappa shape index (κ1) is 14.4. The van der Waals surface area contributed by atoms with Gasteiger partial charge < -0.3 is 14.8 Å². The van der Waals surface area contributed by atoms with Gasteiger partial charge in [-0.2, -0.15) is 0 Å². The van der Waals surface area contributed by atoms with E-state index >= 15 is 0 Å². The number of anilines is 1. The van der Waals surface area contributed by atoms with Gasteiger partial charge in [-0.05, 0) is 56.4 Å². The normalized spacial score (nSPS) is 25.6. The quantitative estimate of drug-likeness (QED) is 0.886. The third-order valence-electron chi connectivity index (χ3n) is 4.45. The van der Waals surface area contributed by atoms with E-state index in [0.717, 1.165) is 50.0 Å². The maximum Gasteiger partial charge on any atom is 0.0745 e. The van der Waals surface area contributed by atoms with Gasteiger partial charge in [0, 0.05) is 36.0 Å². The van der Waals surface area contributed by atoms with Crippen molar-refractivity contribution in [3.63, 3.8) is 0 Å². The molecule has 2 fully saturated rings. The van der Waals surface area contributed by atoms with Gasteiger partial charge in [-0.25, -0.2) is 0 Å². The van der Waals surface area contributed by atoms with Crippen LogP contribution in [0.25, 0.3) is 0 Å². The van der Waals surface area contributed by atoms with Gasteiger partial charge in [-0.3, -0.25) is 0 Å². The van der Waals surface area contributed by atoms with E-state index in [0.29, 0.717) is 6.04 Å². The molecule has 0 aromatic heterocycles. The fraction of sp³-hybridized carbons (Fsp3) is 0.625. The summed E-state index contributed by atoms with van der Waals surface area (Å²) in [6.07, 6.45) is 4.24. The molecule has 0 radical (unpaired) electrons. The number of aryl methyl sites for hydroxylation is 1. The summed E-state index contributed by atoms with van der Waals surface area (Å²) in [4.78, 5) is 0. The smallest absolute Gasteiger partial charge is 0.0745 e. The van der Waals surface area contributed by atoms with E-state index in [9.17, 15) is 0 Å². The van der Waals surface area contributed by atoms with Crippen LogP contribution >= 0.6 is 15.9 Å². The molecule has 4 heteroatoms. The average molecular weight is 340 g/mol. The summed E-state index contributed by atoms with van der Waals surface area (Å²) < 4.78 is 12.7. The summed E-state index contributed by atoms with van der Waals surface area (Å²) in [6.45, 7) is 4.68. The van der Waals surface area contributed by atoms with Crippen molar-refractivity contribution >= 4 is 21.6 Å². The molecule has 20 heavy (non-hydrogen) atoms. The van der Waals surface area contributed by atoms with Gasteiger partial charge in [0.2, 0.25) is 0 Å². The lowest BCUT2D eigenvalue weighted by Crippen LogP contribution is -2.47. The molecular weight excluding hydrogens is 318 g/mol. The Hall–Kier alpha value is -0.580. The Morgan fingerprint density at radius 3 is 2.80 bits per heavy atom. The minimum Gasteiger partial charge on any atom is -0.382 e. The van der Waals surface area contributed by atoms with Gasteiger partial charge in [-0.1, -0.05) is 15.9 Å². The van der Waals surface area contributed by atoms with Crippen molar-refractivity contribution in [1.82, 2.24) is 0 Å². The van der Waals surface area contributed by atoms with E-state index in [1.165, 1.54) is 11.3 Å². The Kier molecular flexibility index (Phi) is 4.34. The Morgan fingerprint density at radius 1 is 1.25 bits per heavy atom. The lowest BCUT2D eigenvalue weighted by molar-refractivity contribution is -0.135. The fourth-order valence-electron chi connectivity index (χ4n) is 3.25. The third-order valence-corrected chi connectivity index (χ3v) is 4.94. The largest absolute Gasteiger partial charge is 0.382 e. The highest BCUT2D eigenvalue weighted by atomic mass is 79.9. The second-order valence-corrected chi connectivity index (χ2v) is 6.85. The molecule has 3 nitrogen and oxygen atoms in total. The topological polar surface area (TPSA) is 30.5 Å². The Bertz CT molecular complexity index is 466. The van der Waals surface area contributed by atoms with E-state index in [1.54, 1.807) is 0 Å². The van der Waals surface area contributed by atoms with E-state index in [4.69, 9.17) is 9.47 Å². The van der Waals surface area contributed by atoms with Gasteiger partial charge >= 0.3 is 0 Å². The van der Waals surface area contributed by atoms with Crippen molar-refractivity contribution in [3.8, 4) is 0 Å². The molecular formula is C16H22BrNO2. The minimum absolute atomic E-state index is 0.0530. The molecule has 2 aliphatic rings. The number of hydrogen-bond donors (Lipinski definition) is 1. The van der Waals surface area contributed by atoms with E-state index in [1.807, 2.05) is 0 Å². The summed E-state index contributed by atoms with van der Waals surface area (Å²) in [6, 6.07) is 6.91. The van der Waals surface area contributed by atoms with Crippen LogP contribution in [0.15, 0.2) is 22.7 Å². The molecule has 2 aliphatic heterocycles. The lowest BCUT2D eigenvalue weighted by atomic mass is 9.84.